The van der Waals surface area contributed by atoms with Crippen LogP contribution in [0.4, 0.5) is 0 Å². The van der Waals surface area contributed by atoms with Crippen LogP contribution >= 0.6 is 0 Å². The summed E-state index contributed by atoms with van der Waals surface area (Å²) >= 11 is 0. The van der Waals surface area contributed by atoms with Crippen LogP contribution in [0, 0.1) is 11.8 Å². The molecule has 0 radical (unpaired) electrons. The van der Waals surface area contributed by atoms with E-state index in [-0.39, 0.29) is 0 Å². The molecule has 0 amide bonds. The summed E-state index contributed by atoms with van der Waals surface area (Å²) in [5.74, 6) is 1.68. The normalized spacial score (nSPS) is 26.6. The second-order valence-corrected chi connectivity index (χ2v) is 5.55. The summed E-state index contributed by atoms with van der Waals surface area (Å²) in [5.41, 5.74) is 0. The number of hydrogen-bond acceptors (Lipinski definition) is 2. The maximum atomic E-state index is 3.54. The molecule has 2 nitrogen and oxygen atoms in total. The summed E-state index contributed by atoms with van der Waals surface area (Å²) in [5, 5.41) is 3.54. The van der Waals surface area contributed by atoms with Crippen molar-refractivity contribution in [3.63, 3.8) is 0 Å². The summed E-state index contributed by atoms with van der Waals surface area (Å²) in [6.45, 7) is 14.3. The third kappa shape index (κ3) is 4.06. The van der Waals surface area contributed by atoms with Crippen LogP contribution in [0.3, 0.4) is 0 Å². The first-order valence-corrected chi connectivity index (χ1v) is 7.13. The molecule has 1 rings (SSSR count). The zero-order valence-corrected chi connectivity index (χ0v) is 11.6. The van der Waals surface area contributed by atoms with E-state index >= 15 is 0 Å². The van der Waals surface area contributed by atoms with E-state index in [9.17, 15) is 0 Å². The molecule has 1 heterocycles. The van der Waals surface area contributed by atoms with Crippen LogP contribution in [0.5, 0.6) is 0 Å². The molecule has 0 aliphatic carbocycles. The molecule has 3 atom stereocenters. The summed E-state index contributed by atoms with van der Waals surface area (Å²) in [6.07, 6.45) is 3.99. The Balaban J connectivity index is 2.46. The van der Waals surface area contributed by atoms with Gasteiger partial charge in [0.25, 0.3) is 0 Å². The number of hydrogen-bond donors (Lipinski definition) is 1. The Morgan fingerprint density at radius 1 is 1.31 bits per heavy atom. The summed E-state index contributed by atoms with van der Waals surface area (Å²) in [7, 11) is 0. The van der Waals surface area contributed by atoms with Gasteiger partial charge >= 0.3 is 0 Å². The second kappa shape index (κ2) is 7.29. The molecule has 96 valence electrons. The van der Waals surface area contributed by atoms with Crippen LogP contribution < -0.4 is 5.32 Å². The molecule has 0 aromatic rings. The Bertz CT molecular complexity index is 182. The number of piperazine rings is 1. The standard InChI is InChI=1S/C14H30N2/c1-5-7-12(3)11-16-9-8-15-10-14(16)13(4)6-2/h12-15H,5-11H2,1-4H3. The highest BCUT2D eigenvalue weighted by Gasteiger charge is 2.26. The van der Waals surface area contributed by atoms with E-state index in [1.54, 1.807) is 0 Å². The number of rotatable bonds is 6. The molecule has 1 aliphatic heterocycles. The molecule has 16 heavy (non-hydrogen) atoms. The van der Waals surface area contributed by atoms with Crippen molar-refractivity contribution in [2.24, 2.45) is 11.8 Å². The van der Waals surface area contributed by atoms with Crippen LogP contribution in [-0.4, -0.2) is 37.1 Å². The topological polar surface area (TPSA) is 15.3 Å². The van der Waals surface area contributed by atoms with Crippen molar-refractivity contribution in [2.45, 2.75) is 53.0 Å². The SMILES string of the molecule is CCCC(C)CN1CCNCC1C(C)CC. The lowest BCUT2D eigenvalue weighted by Crippen LogP contribution is -2.54. The zero-order chi connectivity index (χ0) is 12.0. The summed E-state index contributed by atoms with van der Waals surface area (Å²) in [4.78, 5) is 2.73. The molecule has 3 unspecified atom stereocenters. The van der Waals surface area contributed by atoms with E-state index in [2.05, 4.69) is 37.9 Å². The fraction of sp³-hybridized carbons (Fsp3) is 1.00. The zero-order valence-electron chi connectivity index (χ0n) is 11.6. The smallest absolute Gasteiger partial charge is 0.0246 e. The predicted octanol–water partition coefficient (Wildman–Crippen LogP) is 2.74. The number of nitrogens with zero attached hydrogens (tertiary/aromatic N) is 1. The van der Waals surface area contributed by atoms with Crippen molar-refractivity contribution in [1.82, 2.24) is 10.2 Å². The van der Waals surface area contributed by atoms with E-state index in [1.165, 1.54) is 45.4 Å². The average Bonchev–Trinajstić information content (AvgIpc) is 2.29. The largest absolute Gasteiger partial charge is 0.314 e. The van der Waals surface area contributed by atoms with Gasteiger partial charge in [-0.15, -0.1) is 0 Å². The highest BCUT2D eigenvalue weighted by Crippen LogP contribution is 2.19. The van der Waals surface area contributed by atoms with Gasteiger partial charge in [0.05, 0.1) is 0 Å². The van der Waals surface area contributed by atoms with Crippen molar-refractivity contribution in [1.29, 1.82) is 0 Å². The third-order valence-electron chi connectivity index (χ3n) is 4.03. The van der Waals surface area contributed by atoms with Crippen LogP contribution in [0.15, 0.2) is 0 Å². The van der Waals surface area contributed by atoms with Gasteiger partial charge < -0.3 is 5.32 Å². The van der Waals surface area contributed by atoms with E-state index < -0.39 is 0 Å². The molecule has 1 aliphatic rings. The van der Waals surface area contributed by atoms with Crippen molar-refractivity contribution < 1.29 is 0 Å². The number of nitrogens with one attached hydrogen (secondary N) is 1. The molecule has 0 aromatic heterocycles. The van der Waals surface area contributed by atoms with Crippen LogP contribution in [0.2, 0.25) is 0 Å². The van der Waals surface area contributed by atoms with Crippen LogP contribution in [0.1, 0.15) is 47.0 Å². The fourth-order valence-corrected chi connectivity index (χ4v) is 2.81. The van der Waals surface area contributed by atoms with E-state index in [4.69, 9.17) is 0 Å². The van der Waals surface area contributed by atoms with Gasteiger partial charge in [0.1, 0.15) is 0 Å². The summed E-state index contributed by atoms with van der Waals surface area (Å²) < 4.78 is 0. The Labute approximate surface area is 102 Å². The lowest BCUT2D eigenvalue weighted by atomic mass is 9.94. The van der Waals surface area contributed by atoms with E-state index in [0.717, 1.165) is 17.9 Å². The first kappa shape index (κ1) is 14.0. The van der Waals surface area contributed by atoms with Crippen LogP contribution in [-0.2, 0) is 0 Å². The highest BCUT2D eigenvalue weighted by atomic mass is 15.2. The van der Waals surface area contributed by atoms with Gasteiger partial charge in [-0.3, -0.25) is 4.90 Å². The van der Waals surface area contributed by atoms with Crippen molar-refractivity contribution in [3.8, 4) is 0 Å². The van der Waals surface area contributed by atoms with Gasteiger partial charge in [-0.1, -0.05) is 40.5 Å². The average molecular weight is 226 g/mol. The van der Waals surface area contributed by atoms with Crippen LogP contribution in [0.25, 0.3) is 0 Å². The minimum atomic E-state index is 0.762. The van der Waals surface area contributed by atoms with Gasteiger partial charge in [0.2, 0.25) is 0 Å². The van der Waals surface area contributed by atoms with Crippen molar-refractivity contribution in [3.05, 3.63) is 0 Å². The van der Waals surface area contributed by atoms with Gasteiger partial charge in [0, 0.05) is 32.2 Å². The Morgan fingerprint density at radius 2 is 2.06 bits per heavy atom. The first-order valence-electron chi connectivity index (χ1n) is 7.13. The molecular weight excluding hydrogens is 196 g/mol. The molecule has 1 saturated heterocycles. The first-order chi connectivity index (χ1) is 7.69. The Kier molecular flexibility index (Phi) is 6.37. The molecule has 0 saturated carbocycles. The lowest BCUT2D eigenvalue weighted by molar-refractivity contribution is 0.0987. The molecule has 1 N–H and O–H groups in total. The van der Waals surface area contributed by atoms with E-state index in [0.29, 0.717) is 0 Å². The highest BCUT2D eigenvalue weighted by molar-refractivity contribution is 4.84. The minimum absolute atomic E-state index is 0.762. The Hall–Kier alpha value is -0.0800. The molecule has 2 heteroatoms. The Morgan fingerprint density at radius 3 is 2.69 bits per heavy atom. The van der Waals surface area contributed by atoms with Gasteiger partial charge in [0.15, 0.2) is 0 Å². The lowest BCUT2D eigenvalue weighted by Gasteiger charge is -2.40. The quantitative estimate of drug-likeness (QED) is 0.749. The van der Waals surface area contributed by atoms with Gasteiger partial charge in [-0.05, 0) is 18.3 Å². The maximum absolute atomic E-state index is 3.54. The second-order valence-electron chi connectivity index (χ2n) is 5.55. The molecule has 0 aromatic carbocycles. The molecule has 1 fully saturated rings. The van der Waals surface area contributed by atoms with Crippen molar-refractivity contribution in [2.75, 3.05) is 26.2 Å². The van der Waals surface area contributed by atoms with Gasteiger partial charge in [-0.2, -0.15) is 0 Å². The van der Waals surface area contributed by atoms with Gasteiger partial charge in [-0.25, -0.2) is 0 Å². The molecule has 0 bridgehead atoms. The molecular formula is C14H30N2. The monoisotopic (exact) mass is 226 g/mol. The third-order valence-corrected chi connectivity index (χ3v) is 4.03. The fourth-order valence-electron chi connectivity index (χ4n) is 2.81. The molecule has 0 spiro atoms. The van der Waals surface area contributed by atoms with E-state index in [1.807, 2.05) is 0 Å². The minimum Gasteiger partial charge on any atom is -0.314 e. The van der Waals surface area contributed by atoms with Crippen molar-refractivity contribution >= 4 is 0 Å². The summed E-state index contributed by atoms with van der Waals surface area (Å²) in [6, 6.07) is 0.762. The predicted molar refractivity (Wildman–Crippen MR) is 71.8 cm³/mol. The maximum Gasteiger partial charge on any atom is 0.0246 e.